The minimum absolute atomic E-state index is 0.127. The monoisotopic (exact) mass is 428 g/mol. The van der Waals surface area contributed by atoms with Crippen LogP contribution in [0.2, 0.25) is 5.02 Å². The standard InChI is InChI=1S/C16H14BrClN2O3S/c1-22-10-4-5-11(14(8-10)23-2)15(21)20-16(24)19-13-6-3-9(17)7-12(13)18/h3-8H,1-2H3,(H2,19,20,21,24). The van der Waals surface area contributed by atoms with Crippen molar-refractivity contribution in [1.29, 1.82) is 0 Å². The van der Waals surface area contributed by atoms with E-state index in [1.54, 1.807) is 30.3 Å². The number of rotatable bonds is 4. The molecule has 0 saturated heterocycles. The Balaban J connectivity index is 2.10. The number of anilines is 1. The Morgan fingerprint density at radius 2 is 1.92 bits per heavy atom. The predicted octanol–water partition coefficient (Wildman–Crippen LogP) is 4.25. The fraction of sp³-hybridized carbons (Fsp3) is 0.125. The third-order valence-corrected chi connectivity index (χ3v) is 4.07. The van der Waals surface area contributed by atoms with E-state index in [0.717, 1.165) is 4.47 Å². The smallest absolute Gasteiger partial charge is 0.261 e. The Labute approximate surface area is 158 Å². The first kappa shape index (κ1) is 18.5. The number of amides is 1. The van der Waals surface area contributed by atoms with Crippen LogP contribution in [-0.2, 0) is 0 Å². The lowest BCUT2D eigenvalue weighted by Gasteiger charge is -2.13. The Kier molecular flexibility index (Phi) is 6.42. The van der Waals surface area contributed by atoms with Crippen LogP contribution >= 0.6 is 39.7 Å². The largest absolute Gasteiger partial charge is 0.497 e. The number of carbonyl (C=O) groups is 1. The Morgan fingerprint density at radius 1 is 1.17 bits per heavy atom. The molecule has 0 spiro atoms. The number of thiocarbonyl (C=S) groups is 1. The van der Waals surface area contributed by atoms with Gasteiger partial charge in [-0.2, -0.15) is 0 Å². The van der Waals surface area contributed by atoms with Crippen molar-refractivity contribution in [3.8, 4) is 11.5 Å². The third kappa shape index (κ3) is 4.59. The molecule has 0 aromatic heterocycles. The molecular weight excluding hydrogens is 416 g/mol. The van der Waals surface area contributed by atoms with Gasteiger partial charge in [-0.1, -0.05) is 27.5 Å². The molecule has 0 heterocycles. The topological polar surface area (TPSA) is 59.6 Å². The van der Waals surface area contributed by atoms with Crippen LogP contribution in [0.3, 0.4) is 0 Å². The SMILES string of the molecule is COc1ccc(C(=O)NC(=S)Nc2ccc(Br)cc2Cl)c(OC)c1. The van der Waals surface area contributed by atoms with Gasteiger partial charge in [0.15, 0.2) is 5.11 Å². The van der Waals surface area contributed by atoms with Gasteiger partial charge in [0.1, 0.15) is 11.5 Å². The zero-order valence-corrected chi connectivity index (χ0v) is 16.0. The van der Waals surface area contributed by atoms with Crippen molar-refractivity contribution in [2.75, 3.05) is 19.5 Å². The average molecular weight is 430 g/mol. The maximum atomic E-state index is 12.4. The summed E-state index contributed by atoms with van der Waals surface area (Å²) in [5.74, 6) is 0.572. The van der Waals surface area contributed by atoms with Crippen LogP contribution in [0.25, 0.3) is 0 Å². The molecule has 0 bridgehead atoms. The Bertz CT molecular complexity index is 786. The van der Waals surface area contributed by atoms with Gasteiger partial charge in [0.05, 0.1) is 30.5 Å². The second kappa shape index (κ2) is 8.32. The van der Waals surface area contributed by atoms with E-state index in [9.17, 15) is 4.79 Å². The molecule has 8 heteroatoms. The van der Waals surface area contributed by atoms with Crippen molar-refractivity contribution in [2.24, 2.45) is 0 Å². The van der Waals surface area contributed by atoms with E-state index in [2.05, 4.69) is 26.6 Å². The normalized spacial score (nSPS) is 10.0. The van der Waals surface area contributed by atoms with E-state index >= 15 is 0 Å². The van der Waals surface area contributed by atoms with E-state index in [4.69, 9.17) is 33.3 Å². The molecule has 126 valence electrons. The maximum Gasteiger partial charge on any atom is 0.261 e. The maximum absolute atomic E-state index is 12.4. The van der Waals surface area contributed by atoms with Gasteiger partial charge >= 0.3 is 0 Å². The molecule has 1 amide bonds. The molecule has 0 radical (unpaired) electrons. The van der Waals surface area contributed by atoms with Gasteiger partial charge < -0.3 is 14.8 Å². The van der Waals surface area contributed by atoms with Crippen LogP contribution in [0, 0.1) is 0 Å². The molecule has 0 unspecified atom stereocenters. The summed E-state index contributed by atoms with van der Waals surface area (Å²) in [4.78, 5) is 12.4. The Morgan fingerprint density at radius 3 is 2.54 bits per heavy atom. The molecule has 2 aromatic rings. The molecule has 0 atom stereocenters. The minimum Gasteiger partial charge on any atom is -0.497 e. The molecule has 0 saturated carbocycles. The summed E-state index contributed by atoms with van der Waals surface area (Å²) in [6.07, 6.45) is 0. The van der Waals surface area contributed by atoms with Crippen LogP contribution in [0.4, 0.5) is 5.69 Å². The summed E-state index contributed by atoms with van der Waals surface area (Å²) in [6.45, 7) is 0. The summed E-state index contributed by atoms with van der Waals surface area (Å²) in [5, 5.41) is 6.07. The lowest BCUT2D eigenvalue weighted by Crippen LogP contribution is -2.34. The molecule has 2 N–H and O–H groups in total. The highest BCUT2D eigenvalue weighted by Crippen LogP contribution is 2.26. The van der Waals surface area contributed by atoms with Crippen molar-refractivity contribution in [1.82, 2.24) is 5.32 Å². The number of methoxy groups -OCH3 is 2. The van der Waals surface area contributed by atoms with Gasteiger partial charge in [0.2, 0.25) is 0 Å². The molecule has 2 rings (SSSR count). The summed E-state index contributed by atoms with van der Waals surface area (Å²) in [7, 11) is 3.01. The number of ether oxygens (including phenoxy) is 2. The summed E-state index contributed by atoms with van der Waals surface area (Å²) in [5.41, 5.74) is 0.927. The fourth-order valence-electron chi connectivity index (χ4n) is 1.90. The van der Waals surface area contributed by atoms with Crippen molar-refractivity contribution >= 4 is 56.5 Å². The number of nitrogens with one attached hydrogen (secondary N) is 2. The molecular formula is C16H14BrClN2O3S. The number of carbonyl (C=O) groups excluding carboxylic acids is 1. The van der Waals surface area contributed by atoms with Crippen LogP contribution in [0.15, 0.2) is 40.9 Å². The predicted molar refractivity (Wildman–Crippen MR) is 102 cm³/mol. The van der Waals surface area contributed by atoms with Crippen LogP contribution < -0.4 is 20.1 Å². The van der Waals surface area contributed by atoms with Gasteiger partial charge in [-0.3, -0.25) is 10.1 Å². The van der Waals surface area contributed by atoms with Gasteiger partial charge in [0, 0.05) is 10.5 Å². The number of halogens is 2. The quantitative estimate of drug-likeness (QED) is 0.712. The van der Waals surface area contributed by atoms with E-state index in [1.807, 2.05) is 6.07 Å². The first-order valence-corrected chi connectivity index (χ1v) is 8.32. The first-order chi connectivity index (χ1) is 11.4. The number of benzene rings is 2. The number of hydrogen-bond acceptors (Lipinski definition) is 4. The molecule has 5 nitrogen and oxygen atoms in total. The zero-order valence-electron chi connectivity index (χ0n) is 12.9. The second-order valence-corrected chi connectivity index (χ2v) is 6.33. The van der Waals surface area contributed by atoms with Crippen LogP contribution in [-0.4, -0.2) is 25.2 Å². The van der Waals surface area contributed by atoms with E-state index in [-0.39, 0.29) is 5.11 Å². The van der Waals surface area contributed by atoms with Crippen LogP contribution in [0.5, 0.6) is 11.5 Å². The average Bonchev–Trinajstić information content (AvgIpc) is 2.56. The van der Waals surface area contributed by atoms with Crippen molar-refractivity contribution in [3.05, 3.63) is 51.5 Å². The molecule has 2 aromatic carbocycles. The van der Waals surface area contributed by atoms with E-state index in [0.29, 0.717) is 27.8 Å². The van der Waals surface area contributed by atoms with Gasteiger partial charge in [0.25, 0.3) is 5.91 Å². The molecule has 0 aliphatic carbocycles. The highest BCUT2D eigenvalue weighted by atomic mass is 79.9. The number of hydrogen-bond donors (Lipinski definition) is 2. The van der Waals surface area contributed by atoms with Gasteiger partial charge in [-0.15, -0.1) is 0 Å². The summed E-state index contributed by atoms with van der Waals surface area (Å²) in [6, 6.07) is 10.2. The van der Waals surface area contributed by atoms with Gasteiger partial charge in [-0.05, 0) is 42.5 Å². The lowest BCUT2D eigenvalue weighted by molar-refractivity contribution is 0.0974. The van der Waals surface area contributed by atoms with Crippen LogP contribution in [0.1, 0.15) is 10.4 Å². The van der Waals surface area contributed by atoms with Crippen molar-refractivity contribution in [3.63, 3.8) is 0 Å². The summed E-state index contributed by atoms with van der Waals surface area (Å²) < 4.78 is 11.2. The molecule has 0 fully saturated rings. The molecule has 0 aliphatic heterocycles. The Hall–Kier alpha value is -1.83. The van der Waals surface area contributed by atoms with E-state index < -0.39 is 5.91 Å². The highest BCUT2D eigenvalue weighted by Gasteiger charge is 2.15. The van der Waals surface area contributed by atoms with Crippen molar-refractivity contribution in [2.45, 2.75) is 0 Å². The molecule has 0 aliphatic rings. The molecule has 24 heavy (non-hydrogen) atoms. The summed E-state index contributed by atoms with van der Waals surface area (Å²) >= 11 is 14.6. The van der Waals surface area contributed by atoms with E-state index in [1.165, 1.54) is 14.2 Å². The third-order valence-electron chi connectivity index (χ3n) is 3.06. The highest BCUT2D eigenvalue weighted by molar-refractivity contribution is 9.10. The zero-order chi connectivity index (χ0) is 17.7. The first-order valence-electron chi connectivity index (χ1n) is 6.74. The minimum atomic E-state index is -0.403. The van der Waals surface area contributed by atoms with Gasteiger partial charge in [-0.25, -0.2) is 0 Å². The second-order valence-electron chi connectivity index (χ2n) is 4.60. The lowest BCUT2D eigenvalue weighted by atomic mass is 10.2. The van der Waals surface area contributed by atoms with Crippen molar-refractivity contribution < 1.29 is 14.3 Å². The fourth-order valence-corrected chi connectivity index (χ4v) is 2.82.